The van der Waals surface area contributed by atoms with Crippen molar-refractivity contribution in [2.24, 2.45) is 0 Å². The van der Waals surface area contributed by atoms with Crippen LogP contribution in [0.2, 0.25) is 0 Å². The van der Waals surface area contributed by atoms with Gasteiger partial charge in [-0.1, -0.05) is 15.9 Å². The summed E-state index contributed by atoms with van der Waals surface area (Å²) in [4.78, 5) is 13.4. The van der Waals surface area contributed by atoms with Crippen LogP contribution in [0, 0.1) is 0 Å². The molecule has 13 heavy (non-hydrogen) atoms. The van der Waals surface area contributed by atoms with Gasteiger partial charge in [0.05, 0.1) is 11.3 Å². The average Bonchev–Trinajstić information content (AvgIpc) is 2.03. The first kappa shape index (κ1) is 10.2. The molecule has 3 nitrogen and oxygen atoms in total. The van der Waals surface area contributed by atoms with E-state index in [0.29, 0.717) is 0 Å². The van der Waals surface area contributed by atoms with Crippen molar-refractivity contribution in [1.29, 1.82) is 0 Å². The highest BCUT2D eigenvalue weighted by Gasteiger charge is 2.12. The van der Waals surface area contributed by atoms with E-state index in [1.54, 1.807) is 0 Å². The molecule has 6 heteroatoms. The number of nitrogens with two attached hydrogens (primary N) is 1. The number of alkyl halides is 3. The highest BCUT2D eigenvalue weighted by atomic mass is 79.9. The van der Waals surface area contributed by atoms with Gasteiger partial charge in [0.25, 0.3) is 6.43 Å². The minimum Gasteiger partial charge on any atom is -0.385 e. The van der Waals surface area contributed by atoms with Crippen molar-refractivity contribution in [3.05, 3.63) is 27.5 Å². The quantitative estimate of drug-likeness (QED) is 0.789. The molecule has 0 saturated heterocycles. The second-order valence-electron chi connectivity index (χ2n) is 2.42. The molecular formula is C7H7BrF2N2O. The van der Waals surface area contributed by atoms with Crippen LogP contribution < -0.4 is 11.2 Å². The summed E-state index contributed by atoms with van der Waals surface area (Å²) in [7, 11) is 0. The summed E-state index contributed by atoms with van der Waals surface area (Å²) in [5.74, 6) is -0.0142. The minimum atomic E-state index is -2.71. The van der Waals surface area contributed by atoms with Gasteiger partial charge in [0, 0.05) is 11.4 Å². The van der Waals surface area contributed by atoms with E-state index in [4.69, 9.17) is 5.73 Å². The van der Waals surface area contributed by atoms with E-state index in [1.807, 2.05) is 0 Å². The molecule has 1 aromatic rings. The van der Waals surface area contributed by atoms with Gasteiger partial charge >= 0.3 is 0 Å². The smallest absolute Gasteiger partial charge is 0.278 e. The molecule has 0 fully saturated rings. The number of H-pyrrole nitrogens is 1. The van der Waals surface area contributed by atoms with Crippen LogP contribution in [0.25, 0.3) is 0 Å². The van der Waals surface area contributed by atoms with Crippen LogP contribution in [-0.4, -0.2) is 4.98 Å². The molecule has 0 aromatic carbocycles. The van der Waals surface area contributed by atoms with Crippen LogP contribution in [0.15, 0.2) is 10.9 Å². The van der Waals surface area contributed by atoms with Crippen molar-refractivity contribution in [2.45, 2.75) is 11.8 Å². The predicted molar refractivity (Wildman–Crippen MR) is 49.1 cm³/mol. The summed E-state index contributed by atoms with van der Waals surface area (Å²) in [6.07, 6.45) is -2.71. The van der Waals surface area contributed by atoms with Crippen molar-refractivity contribution in [3.8, 4) is 0 Å². The Hall–Kier alpha value is -0.910. The summed E-state index contributed by atoms with van der Waals surface area (Å²) < 4.78 is 24.3. The van der Waals surface area contributed by atoms with Crippen LogP contribution >= 0.6 is 15.9 Å². The number of halogens is 3. The fourth-order valence-electron chi connectivity index (χ4n) is 0.883. The zero-order valence-electron chi connectivity index (χ0n) is 6.48. The molecule has 3 N–H and O–H groups in total. The Morgan fingerprint density at radius 1 is 1.62 bits per heavy atom. The van der Waals surface area contributed by atoms with Crippen molar-refractivity contribution in [2.75, 3.05) is 5.73 Å². The number of nitrogen functional groups attached to an aromatic ring is 1. The van der Waals surface area contributed by atoms with Crippen molar-refractivity contribution in [3.63, 3.8) is 0 Å². The van der Waals surface area contributed by atoms with E-state index >= 15 is 0 Å². The first-order chi connectivity index (χ1) is 6.06. The Balaban J connectivity index is 3.29. The van der Waals surface area contributed by atoms with Gasteiger partial charge in [-0.25, -0.2) is 8.78 Å². The SMILES string of the molecule is Nc1[nH]c(C(F)F)cc(=O)c1CBr. The third kappa shape index (κ3) is 2.06. The molecular weight excluding hydrogens is 246 g/mol. The maximum atomic E-state index is 12.1. The Morgan fingerprint density at radius 2 is 2.23 bits per heavy atom. The molecule has 0 amide bonds. The Morgan fingerprint density at radius 3 is 2.62 bits per heavy atom. The van der Waals surface area contributed by atoms with E-state index < -0.39 is 17.5 Å². The van der Waals surface area contributed by atoms with Crippen molar-refractivity contribution < 1.29 is 8.78 Å². The fourth-order valence-corrected chi connectivity index (χ4v) is 1.46. The van der Waals surface area contributed by atoms with Crippen LogP contribution in [0.5, 0.6) is 0 Å². The molecule has 0 unspecified atom stereocenters. The lowest BCUT2D eigenvalue weighted by atomic mass is 10.2. The molecule has 0 aliphatic rings. The molecule has 1 aromatic heterocycles. The summed E-state index contributed by atoms with van der Waals surface area (Å²) in [6, 6.07) is 0.859. The van der Waals surface area contributed by atoms with Crippen LogP contribution in [0.3, 0.4) is 0 Å². The zero-order valence-corrected chi connectivity index (χ0v) is 8.07. The summed E-state index contributed by atoms with van der Waals surface area (Å²) in [5.41, 5.74) is 4.68. The lowest BCUT2D eigenvalue weighted by Gasteiger charge is -2.04. The molecule has 1 rings (SSSR count). The van der Waals surface area contributed by atoms with E-state index in [1.165, 1.54) is 0 Å². The molecule has 0 atom stereocenters. The highest BCUT2D eigenvalue weighted by molar-refractivity contribution is 9.08. The van der Waals surface area contributed by atoms with Gasteiger partial charge in [-0.05, 0) is 0 Å². The van der Waals surface area contributed by atoms with Crippen molar-refractivity contribution in [1.82, 2.24) is 4.98 Å². The molecule has 0 aliphatic carbocycles. The Bertz CT molecular complexity index is 364. The largest absolute Gasteiger partial charge is 0.385 e. The van der Waals surface area contributed by atoms with E-state index in [2.05, 4.69) is 20.9 Å². The summed E-state index contributed by atoms with van der Waals surface area (Å²) in [6.45, 7) is 0. The molecule has 1 heterocycles. The molecule has 0 bridgehead atoms. The maximum absolute atomic E-state index is 12.1. The number of nitrogens with one attached hydrogen (secondary N) is 1. The minimum absolute atomic E-state index is 0.0142. The van der Waals surface area contributed by atoms with Crippen LogP contribution in [-0.2, 0) is 5.33 Å². The number of anilines is 1. The van der Waals surface area contributed by atoms with Gasteiger partial charge in [0.1, 0.15) is 5.82 Å². The van der Waals surface area contributed by atoms with Crippen LogP contribution in [0.1, 0.15) is 17.7 Å². The normalized spacial score (nSPS) is 10.8. The number of aromatic amines is 1. The number of hydrogen-bond donors (Lipinski definition) is 2. The van der Waals surface area contributed by atoms with Gasteiger partial charge in [0.2, 0.25) is 0 Å². The first-order valence-corrected chi connectivity index (χ1v) is 4.54. The van der Waals surface area contributed by atoms with E-state index in [-0.39, 0.29) is 16.7 Å². The number of hydrogen-bond acceptors (Lipinski definition) is 2. The number of aromatic nitrogens is 1. The Kier molecular flexibility index (Phi) is 3.02. The molecule has 0 radical (unpaired) electrons. The lowest BCUT2D eigenvalue weighted by Crippen LogP contribution is -2.13. The monoisotopic (exact) mass is 252 g/mol. The van der Waals surface area contributed by atoms with E-state index in [9.17, 15) is 13.6 Å². The molecule has 0 spiro atoms. The maximum Gasteiger partial charge on any atom is 0.278 e. The zero-order chi connectivity index (χ0) is 10.0. The standard InChI is InChI=1S/C7H7BrF2N2O/c8-2-3-5(13)1-4(6(9)10)12-7(3)11/h1,6H,2H2,(H3,11,12,13). The third-order valence-corrected chi connectivity index (χ3v) is 2.12. The van der Waals surface area contributed by atoms with Crippen LogP contribution in [0.4, 0.5) is 14.6 Å². The van der Waals surface area contributed by atoms with Gasteiger partial charge in [-0.2, -0.15) is 0 Å². The lowest BCUT2D eigenvalue weighted by molar-refractivity contribution is 0.146. The second-order valence-corrected chi connectivity index (χ2v) is 2.98. The van der Waals surface area contributed by atoms with Gasteiger partial charge in [-0.3, -0.25) is 4.79 Å². The average molecular weight is 253 g/mol. The predicted octanol–water partition coefficient (Wildman–Crippen LogP) is 1.79. The fraction of sp³-hybridized carbons (Fsp3) is 0.286. The van der Waals surface area contributed by atoms with Gasteiger partial charge < -0.3 is 10.7 Å². The third-order valence-electron chi connectivity index (χ3n) is 1.56. The number of pyridine rings is 1. The summed E-state index contributed by atoms with van der Waals surface area (Å²) in [5, 5.41) is 0.248. The van der Waals surface area contributed by atoms with E-state index in [0.717, 1.165) is 6.07 Å². The molecule has 0 aliphatic heterocycles. The second kappa shape index (κ2) is 3.87. The van der Waals surface area contributed by atoms with Gasteiger partial charge in [0.15, 0.2) is 5.43 Å². The molecule has 72 valence electrons. The topological polar surface area (TPSA) is 58.9 Å². The van der Waals surface area contributed by atoms with Crippen molar-refractivity contribution >= 4 is 21.7 Å². The van der Waals surface area contributed by atoms with Gasteiger partial charge in [-0.15, -0.1) is 0 Å². The number of rotatable bonds is 2. The highest BCUT2D eigenvalue weighted by Crippen LogP contribution is 2.17. The molecule has 0 saturated carbocycles. The first-order valence-electron chi connectivity index (χ1n) is 3.42. The Labute approximate surface area is 81.1 Å². The summed E-state index contributed by atoms with van der Waals surface area (Å²) >= 11 is 3.03.